The normalized spacial score (nSPS) is 21.3. The van der Waals surface area contributed by atoms with Crippen molar-refractivity contribution in [2.45, 2.75) is 38.5 Å². The number of hydrogen-bond donors (Lipinski definition) is 2. The van der Waals surface area contributed by atoms with Crippen molar-refractivity contribution in [2.24, 2.45) is 5.92 Å². The second kappa shape index (κ2) is 9.39. The van der Waals surface area contributed by atoms with Crippen molar-refractivity contribution in [2.75, 3.05) is 39.3 Å². The summed E-state index contributed by atoms with van der Waals surface area (Å²) in [6, 6.07) is 10.0. The fourth-order valence-corrected chi connectivity index (χ4v) is 4.28. The van der Waals surface area contributed by atoms with Crippen LogP contribution in [0.15, 0.2) is 30.3 Å². The van der Waals surface area contributed by atoms with Gasteiger partial charge in [0.2, 0.25) is 0 Å². The Morgan fingerprint density at radius 2 is 1.97 bits per heavy atom. The molecule has 2 saturated heterocycles. The number of aromatic nitrogens is 3. The van der Waals surface area contributed by atoms with Crippen LogP contribution in [-0.4, -0.2) is 70.3 Å². The Kier molecular flexibility index (Phi) is 6.44. The molecule has 7 nitrogen and oxygen atoms in total. The van der Waals surface area contributed by atoms with Gasteiger partial charge in [-0.05, 0) is 44.7 Å². The minimum Gasteiger partial charge on any atom is -0.337 e. The third-order valence-electron chi connectivity index (χ3n) is 6.21. The van der Waals surface area contributed by atoms with Crippen LogP contribution in [0.4, 0.5) is 4.79 Å². The number of likely N-dealkylation sites (tertiary alicyclic amines) is 2. The summed E-state index contributed by atoms with van der Waals surface area (Å²) in [5.74, 6) is 2.65. The topological polar surface area (TPSA) is 77.2 Å². The quantitative estimate of drug-likeness (QED) is 0.814. The maximum atomic E-state index is 12.6. The fourth-order valence-electron chi connectivity index (χ4n) is 4.28. The van der Waals surface area contributed by atoms with Gasteiger partial charge in [-0.2, -0.15) is 5.10 Å². The molecule has 2 N–H and O–H groups in total. The summed E-state index contributed by atoms with van der Waals surface area (Å²) in [5, 5.41) is 10.6. The number of piperidine rings is 2. The van der Waals surface area contributed by atoms with E-state index in [2.05, 4.69) is 27.3 Å². The molecule has 7 heteroatoms. The number of hydrogen-bond acceptors (Lipinski definition) is 4. The van der Waals surface area contributed by atoms with Crippen LogP contribution in [-0.2, 0) is 0 Å². The highest BCUT2D eigenvalue weighted by Crippen LogP contribution is 2.26. The van der Waals surface area contributed by atoms with E-state index in [1.54, 1.807) is 0 Å². The first-order valence-electron chi connectivity index (χ1n) is 10.9. The first-order chi connectivity index (χ1) is 14.2. The Hall–Kier alpha value is -2.41. The second-order valence-corrected chi connectivity index (χ2v) is 8.45. The van der Waals surface area contributed by atoms with Crippen LogP contribution in [0, 0.1) is 5.92 Å². The molecule has 0 saturated carbocycles. The van der Waals surface area contributed by atoms with Gasteiger partial charge >= 0.3 is 6.03 Å². The lowest BCUT2D eigenvalue weighted by Gasteiger charge is -2.33. The molecule has 1 aromatic carbocycles. The highest BCUT2D eigenvalue weighted by Gasteiger charge is 2.27. The molecular formula is C22H32N6O. The van der Waals surface area contributed by atoms with Gasteiger partial charge in [-0.25, -0.2) is 9.78 Å². The molecule has 2 aliphatic rings. The van der Waals surface area contributed by atoms with E-state index < -0.39 is 0 Å². The standard InChI is InChI=1S/C22H32N6O/c1-17-9-13-27(14-10-17)15-11-23-22(29)28-12-5-8-19(16-28)21-24-20(25-26-21)18-6-3-2-4-7-18/h2-4,6-7,17,19H,5,8-16H2,1H3,(H,23,29)(H,24,25,26). The van der Waals surface area contributed by atoms with E-state index in [1.165, 1.54) is 12.8 Å². The number of carbonyl (C=O) groups is 1. The van der Waals surface area contributed by atoms with Crippen molar-refractivity contribution in [3.63, 3.8) is 0 Å². The van der Waals surface area contributed by atoms with Gasteiger partial charge in [-0.3, -0.25) is 5.10 Å². The van der Waals surface area contributed by atoms with Gasteiger partial charge in [0.25, 0.3) is 0 Å². The number of rotatable bonds is 5. The Labute approximate surface area is 172 Å². The van der Waals surface area contributed by atoms with Crippen LogP contribution in [0.2, 0.25) is 0 Å². The number of aromatic amines is 1. The van der Waals surface area contributed by atoms with Crippen molar-refractivity contribution < 1.29 is 4.79 Å². The predicted molar refractivity (Wildman–Crippen MR) is 114 cm³/mol. The maximum Gasteiger partial charge on any atom is 0.317 e. The second-order valence-electron chi connectivity index (χ2n) is 8.45. The van der Waals surface area contributed by atoms with E-state index >= 15 is 0 Å². The zero-order chi connectivity index (χ0) is 20.1. The molecule has 2 amide bonds. The van der Waals surface area contributed by atoms with E-state index in [4.69, 9.17) is 4.98 Å². The Bertz CT molecular complexity index is 784. The first kappa shape index (κ1) is 19.9. The van der Waals surface area contributed by atoms with Crippen LogP contribution in [0.1, 0.15) is 44.3 Å². The Balaban J connectivity index is 1.27. The average Bonchev–Trinajstić information content (AvgIpc) is 3.26. The van der Waals surface area contributed by atoms with Gasteiger partial charge < -0.3 is 15.1 Å². The number of carbonyl (C=O) groups excluding carboxylic acids is 1. The molecular weight excluding hydrogens is 364 g/mol. The van der Waals surface area contributed by atoms with Gasteiger partial charge in [0.05, 0.1) is 0 Å². The zero-order valence-electron chi connectivity index (χ0n) is 17.3. The predicted octanol–water partition coefficient (Wildman–Crippen LogP) is 3.09. The van der Waals surface area contributed by atoms with Gasteiger partial charge in [0.1, 0.15) is 5.82 Å². The molecule has 0 aliphatic carbocycles. The number of H-pyrrole nitrogens is 1. The third-order valence-corrected chi connectivity index (χ3v) is 6.21. The lowest BCUT2D eigenvalue weighted by molar-refractivity contribution is 0.170. The Morgan fingerprint density at radius 3 is 2.76 bits per heavy atom. The summed E-state index contributed by atoms with van der Waals surface area (Å²) in [4.78, 5) is 21.7. The maximum absolute atomic E-state index is 12.6. The summed E-state index contributed by atoms with van der Waals surface area (Å²) in [6.07, 6.45) is 4.55. The summed E-state index contributed by atoms with van der Waals surface area (Å²) in [6.45, 7) is 7.78. The number of benzene rings is 1. The van der Waals surface area contributed by atoms with Gasteiger partial charge in [0.15, 0.2) is 5.82 Å². The monoisotopic (exact) mass is 396 g/mol. The molecule has 0 radical (unpaired) electrons. The summed E-state index contributed by atoms with van der Waals surface area (Å²) < 4.78 is 0. The van der Waals surface area contributed by atoms with Crippen LogP contribution in [0.25, 0.3) is 11.4 Å². The summed E-state index contributed by atoms with van der Waals surface area (Å²) in [5.41, 5.74) is 1.01. The molecule has 0 spiro atoms. The zero-order valence-corrected chi connectivity index (χ0v) is 17.3. The Morgan fingerprint density at radius 1 is 1.17 bits per heavy atom. The SMILES string of the molecule is CC1CCN(CCNC(=O)N2CCCC(c3nc(-c4ccccc4)n[nH]3)C2)CC1. The molecule has 2 aromatic rings. The van der Waals surface area contributed by atoms with E-state index in [0.29, 0.717) is 6.54 Å². The number of nitrogens with zero attached hydrogens (tertiary/aromatic N) is 4. The minimum absolute atomic E-state index is 0.0443. The van der Waals surface area contributed by atoms with Crippen molar-refractivity contribution in [1.82, 2.24) is 30.3 Å². The smallest absolute Gasteiger partial charge is 0.317 e. The lowest BCUT2D eigenvalue weighted by atomic mass is 9.97. The first-order valence-corrected chi connectivity index (χ1v) is 10.9. The molecule has 1 unspecified atom stereocenters. The minimum atomic E-state index is 0.0443. The van der Waals surface area contributed by atoms with E-state index in [-0.39, 0.29) is 11.9 Å². The lowest BCUT2D eigenvalue weighted by Crippen LogP contribution is -2.47. The van der Waals surface area contributed by atoms with Crippen molar-refractivity contribution in [3.05, 3.63) is 36.2 Å². The van der Waals surface area contributed by atoms with Crippen LogP contribution < -0.4 is 5.32 Å². The van der Waals surface area contributed by atoms with Crippen LogP contribution >= 0.6 is 0 Å². The van der Waals surface area contributed by atoms with E-state index in [0.717, 1.165) is 68.7 Å². The molecule has 3 heterocycles. The van der Waals surface area contributed by atoms with Crippen LogP contribution in [0.5, 0.6) is 0 Å². The van der Waals surface area contributed by atoms with Crippen molar-refractivity contribution >= 4 is 6.03 Å². The number of nitrogens with one attached hydrogen (secondary N) is 2. The molecule has 156 valence electrons. The third kappa shape index (κ3) is 5.15. The highest BCUT2D eigenvalue weighted by atomic mass is 16.2. The molecule has 4 rings (SSSR count). The molecule has 2 fully saturated rings. The molecule has 0 bridgehead atoms. The van der Waals surface area contributed by atoms with Gasteiger partial charge in [-0.15, -0.1) is 0 Å². The van der Waals surface area contributed by atoms with Gasteiger partial charge in [-0.1, -0.05) is 37.3 Å². The molecule has 2 aliphatic heterocycles. The van der Waals surface area contributed by atoms with Crippen LogP contribution in [0.3, 0.4) is 0 Å². The largest absolute Gasteiger partial charge is 0.337 e. The fraction of sp³-hybridized carbons (Fsp3) is 0.591. The van der Waals surface area contributed by atoms with Crippen molar-refractivity contribution in [3.8, 4) is 11.4 Å². The number of amides is 2. The summed E-state index contributed by atoms with van der Waals surface area (Å²) in [7, 11) is 0. The number of urea groups is 1. The molecule has 1 aromatic heterocycles. The average molecular weight is 397 g/mol. The van der Waals surface area contributed by atoms with Gasteiger partial charge in [0, 0.05) is 37.7 Å². The van der Waals surface area contributed by atoms with E-state index in [9.17, 15) is 4.79 Å². The highest BCUT2D eigenvalue weighted by molar-refractivity contribution is 5.74. The van der Waals surface area contributed by atoms with Crippen molar-refractivity contribution in [1.29, 1.82) is 0 Å². The summed E-state index contributed by atoms with van der Waals surface area (Å²) >= 11 is 0. The molecule has 29 heavy (non-hydrogen) atoms. The molecule has 1 atom stereocenters. The van der Waals surface area contributed by atoms with E-state index in [1.807, 2.05) is 35.2 Å².